The zero-order valence-electron chi connectivity index (χ0n) is 38.0. The topological polar surface area (TPSA) is 294 Å². The number of rotatable bonds is 27. The number of Topliss-reactive ketones (excluding diaryl/α,β-unsaturated/α-hetero) is 1. The van der Waals surface area contributed by atoms with Crippen molar-refractivity contribution in [2.75, 3.05) is 58.5 Å². The number of hydrogen-bond acceptors (Lipinski definition) is 16. The van der Waals surface area contributed by atoms with Gasteiger partial charge in [-0.2, -0.15) is 23.5 Å². The van der Waals surface area contributed by atoms with Crippen molar-refractivity contribution in [3.8, 4) is 0 Å². The van der Waals surface area contributed by atoms with Gasteiger partial charge in [-0.25, -0.2) is 9.59 Å². The molecule has 2 heterocycles. The van der Waals surface area contributed by atoms with Crippen LogP contribution in [0.2, 0.25) is 0 Å². The molecule has 0 aromatic heterocycles. The third-order valence-electron chi connectivity index (χ3n) is 9.15. The molecule has 2 rings (SSSR count). The Hall–Kier alpha value is -4.97. The molecule has 2 saturated heterocycles. The maximum atomic E-state index is 12.4. The standard InChI is InChI=1S/C26H40N6O8S2.C14H26N2O6/c1-14(10-21(35)29-15(2)27-19(33)6-8-31-23(37)12-17(41-4)25(31)39)11-22(36)30-16(3)28-20(34)7-9-32-24(38)13-18(42-5)26(32)40;1-4-15-13(18)21-9-12(10-22-14(19)16-5-2)20-8-6-7-11(3)17/h14-18H,6-13H2,1-5H3,(H,27,33)(H,28,34)(H,29,35)(H,30,36);12H,4-10H2,1-3H3,(H,15,18)(H,16,19). The fourth-order valence-corrected chi connectivity index (χ4v) is 7.30. The Bertz CT molecular complexity index is 1530. The van der Waals surface area contributed by atoms with E-state index in [1.807, 2.05) is 0 Å². The minimum Gasteiger partial charge on any atom is -0.447 e. The molecule has 64 heavy (non-hydrogen) atoms. The van der Waals surface area contributed by atoms with Crippen molar-refractivity contribution in [1.82, 2.24) is 41.7 Å². The summed E-state index contributed by atoms with van der Waals surface area (Å²) in [5.74, 6) is -3.09. The van der Waals surface area contributed by atoms with Crippen LogP contribution in [0.1, 0.15) is 92.9 Å². The molecule has 4 unspecified atom stereocenters. The number of carbonyl (C=O) groups is 11. The molecule has 22 nitrogen and oxygen atoms in total. The average Bonchev–Trinajstić information content (AvgIpc) is 3.65. The first-order valence-corrected chi connectivity index (χ1v) is 23.7. The van der Waals surface area contributed by atoms with Crippen molar-refractivity contribution >= 4 is 88.8 Å². The molecule has 0 aliphatic carbocycles. The predicted molar refractivity (Wildman–Crippen MR) is 236 cm³/mol. The third-order valence-corrected chi connectivity index (χ3v) is 11.0. The number of thioether (sulfide) groups is 2. The van der Waals surface area contributed by atoms with Crippen molar-refractivity contribution in [1.29, 1.82) is 0 Å². The SMILES string of the molecule is CCNC(=O)OCC(COC(=O)NCC)OCCCC(C)=O.CSC1CC(=O)N(CCC(=O)NC(C)NC(=O)CC(C)CC(=O)NC(C)NC(=O)CCN2C(=O)CC(SC)C2=O)C1=O. The molecule has 0 aromatic carbocycles. The van der Waals surface area contributed by atoms with Gasteiger partial charge < -0.3 is 50.9 Å². The van der Waals surface area contributed by atoms with Crippen LogP contribution in [-0.4, -0.2) is 162 Å². The van der Waals surface area contributed by atoms with Crippen LogP contribution in [0.4, 0.5) is 9.59 Å². The smallest absolute Gasteiger partial charge is 0.407 e. The van der Waals surface area contributed by atoms with Crippen LogP contribution in [0.5, 0.6) is 0 Å². The number of alkyl carbamates (subject to hydrolysis) is 2. The van der Waals surface area contributed by atoms with Gasteiger partial charge in [0.15, 0.2) is 0 Å². The van der Waals surface area contributed by atoms with Gasteiger partial charge in [0.25, 0.3) is 0 Å². The van der Waals surface area contributed by atoms with Crippen molar-refractivity contribution in [3.63, 3.8) is 0 Å². The largest absolute Gasteiger partial charge is 0.447 e. The summed E-state index contributed by atoms with van der Waals surface area (Å²) in [5, 5.41) is 14.6. The van der Waals surface area contributed by atoms with E-state index in [0.717, 1.165) is 9.80 Å². The minimum absolute atomic E-state index is 0.0101. The predicted octanol–water partition coefficient (Wildman–Crippen LogP) is 0.554. The Balaban J connectivity index is 0.000000785. The second-order valence-corrected chi connectivity index (χ2v) is 17.0. The maximum absolute atomic E-state index is 12.4. The number of hydrogen-bond donors (Lipinski definition) is 6. The molecule has 6 N–H and O–H groups in total. The highest BCUT2D eigenvalue weighted by Gasteiger charge is 2.39. The lowest BCUT2D eigenvalue weighted by Gasteiger charge is -2.20. The molecule has 2 fully saturated rings. The van der Waals surface area contributed by atoms with Gasteiger partial charge in [-0.1, -0.05) is 6.92 Å². The number of ketones is 1. The molecule has 0 spiro atoms. The van der Waals surface area contributed by atoms with Crippen molar-refractivity contribution in [2.24, 2.45) is 5.92 Å². The van der Waals surface area contributed by atoms with E-state index >= 15 is 0 Å². The van der Waals surface area contributed by atoms with Gasteiger partial charge in [0.2, 0.25) is 47.3 Å². The zero-order valence-corrected chi connectivity index (χ0v) is 39.6. The van der Waals surface area contributed by atoms with Crippen LogP contribution >= 0.6 is 23.5 Å². The van der Waals surface area contributed by atoms with Crippen LogP contribution in [-0.2, 0) is 57.4 Å². The number of nitrogens with zero attached hydrogens (tertiary/aromatic N) is 2. The van der Waals surface area contributed by atoms with Gasteiger partial charge in [0.05, 0.1) is 22.8 Å². The van der Waals surface area contributed by atoms with Crippen LogP contribution < -0.4 is 31.9 Å². The van der Waals surface area contributed by atoms with Crippen LogP contribution in [0.15, 0.2) is 0 Å². The van der Waals surface area contributed by atoms with Crippen LogP contribution in [0.25, 0.3) is 0 Å². The first-order chi connectivity index (χ1) is 30.2. The maximum Gasteiger partial charge on any atom is 0.407 e. The van der Waals surface area contributed by atoms with E-state index in [1.165, 1.54) is 30.4 Å². The van der Waals surface area contributed by atoms with E-state index in [2.05, 4.69) is 31.9 Å². The van der Waals surface area contributed by atoms with Gasteiger partial charge in [0, 0.05) is 77.7 Å². The summed E-state index contributed by atoms with van der Waals surface area (Å²) in [6.45, 7) is 11.0. The minimum atomic E-state index is -0.706. The molecular formula is C40H66N8O14S2. The van der Waals surface area contributed by atoms with Gasteiger partial charge in [-0.15, -0.1) is 0 Å². The van der Waals surface area contributed by atoms with Crippen LogP contribution in [0.3, 0.4) is 0 Å². The summed E-state index contributed by atoms with van der Waals surface area (Å²) in [7, 11) is 0. The summed E-state index contributed by atoms with van der Waals surface area (Å²) < 4.78 is 15.4. The highest BCUT2D eigenvalue weighted by molar-refractivity contribution is 8.00. The first kappa shape index (κ1) is 57.0. The van der Waals surface area contributed by atoms with Crippen molar-refractivity contribution in [3.05, 3.63) is 0 Å². The number of imide groups is 2. The molecule has 0 aromatic rings. The molecule has 0 bridgehead atoms. The Kier molecular flexibility index (Phi) is 27.6. The number of carbonyl (C=O) groups excluding carboxylic acids is 11. The zero-order chi connectivity index (χ0) is 48.4. The third kappa shape index (κ3) is 23.1. The van der Waals surface area contributed by atoms with Gasteiger partial charge in [-0.05, 0) is 59.5 Å². The number of amides is 10. The van der Waals surface area contributed by atoms with Crippen molar-refractivity contribution in [2.45, 2.75) is 122 Å². The van der Waals surface area contributed by atoms with Gasteiger partial charge in [-0.3, -0.25) is 48.2 Å². The number of likely N-dealkylation sites (tertiary alicyclic amines) is 2. The number of ether oxygens (including phenoxy) is 3. The highest BCUT2D eigenvalue weighted by Crippen LogP contribution is 2.24. The normalized spacial score (nSPS) is 17.1. The Morgan fingerprint density at radius 2 is 1.03 bits per heavy atom. The second-order valence-electron chi connectivity index (χ2n) is 14.9. The average molecular weight is 947 g/mol. The van der Waals surface area contributed by atoms with E-state index in [-0.39, 0.29) is 112 Å². The first-order valence-electron chi connectivity index (χ1n) is 21.1. The molecule has 0 radical (unpaired) electrons. The number of nitrogens with one attached hydrogen (secondary N) is 6. The lowest BCUT2D eigenvalue weighted by Crippen LogP contribution is -2.48. The molecule has 24 heteroatoms. The highest BCUT2D eigenvalue weighted by atomic mass is 32.2. The lowest BCUT2D eigenvalue weighted by molar-refractivity contribution is -0.140. The lowest BCUT2D eigenvalue weighted by atomic mass is 10.0. The fourth-order valence-electron chi connectivity index (χ4n) is 6.02. The Morgan fingerprint density at radius 1 is 0.641 bits per heavy atom. The van der Waals surface area contributed by atoms with E-state index in [0.29, 0.717) is 32.5 Å². The quantitative estimate of drug-likeness (QED) is 0.0372. The molecular weight excluding hydrogens is 881 g/mol. The Labute approximate surface area is 382 Å². The van der Waals surface area contributed by atoms with E-state index in [1.54, 1.807) is 47.1 Å². The molecule has 2 aliphatic heterocycles. The summed E-state index contributed by atoms with van der Waals surface area (Å²) in [4.78, 5) is 133. The second kappa shape index (κ2) is 31.0. The van der Waals surface area contributed by atoms with E-state index in [9.17, 15) is 52.7 Å². The molecule has 2 aliphatic rings. The van der Waals surface area contributed by atoms with Gasteiger partial charge >= 0.3 is 12.2 Å². The van der Waals surface area contributed by atoms with E-state index in [4.69, 9.17) is 14.2 Å². The Morgan fingerprint density at radius 3 is 1.38 bits per heavy atom. The van der Waals surface area contributed by atoms with Gasteiger partial charge in [0.1, 0.15) is 25.1 Å². The molecule has 4 atom stereocenters. The monoisotopic (exact) mass is 946 g/mol. The van der Waals surface area contributed by atoms with E-state index < -0.39 is 52.9 Å². The summed E-state index contributed by atoms with van der Waals surface area (Å²) >= 11 is 2.59. The molecule has 10 amide bonds. The molecule has 0 saturated carbocycles. The summed E-state index contributed by atoms with van der Waals surface area (Å²) in [6, 6.07) is 0. The summed E-state index contributed by atoms with van der Waals surface area (Å²) in [5.41, 5.74) is 0. The fraction of sp³-hybridized carbons (Fsp3) is 0.725. The summed E-state index contributed by atoms with van der Waals surface area (Å²) in [6.07, 6.45) is 1.48. The molecule has 362 valence electrons. The van der Waals surface area contributed by atoms with Crippen LogP contribution in [0, 0.1) is 5.92 Å². The van der Waals surface area contributed by atoms with Crippen molar-refractivity contribution < 1.29 is 67.0 Å².